The molecule has 2 aromatic carbocycles. The first kappa shape index (κ1) is 26.3. The highest BCUT2D eigenvalue weighted by atomic mass is 28.4. The molecule has 0 aromatic heterocycles. The largest absolute Gasteiger partial charge is 0.537 e. The van der Waals surface area contributed by atoms with Crippen molar-refractivity contribution in [3.63, 3.8) is 0 Å². The van der Waals surface area contributed by atoms with Gasteiger partial charge < -0.3 is 18.2 Å². The van der Waals surface area contributed by atoms with Gasteiger partial charge in [0.2, 0.25) is 0 Å². The molecule has 0 spiro atoms. The molecular weight excluding hydrogens is 414 g/mol. The van der Waals surface area contributed by atoms with Crippen molar-refractivity contribution in [2.45, 2.75) is 53.9 Å². The Kier molecular flexibility index (Phi) is 11.2. The lowest BCUT2D eigenvalue weighted by Gasteiger charge is -2.30. The number of nitrogens with zero attached hydrogens (tertiary/aromatic N) is 1. The van der Waals surface area contributed by atoms with Crippen molar-refractivity contribution in [1.82, 2.24) is 0 Å². The molecule has 2 rings (SSSR count). The lowest BCUT2D eigenvalue weighted by Crippen LogP contribution is -2.57. The van der Waals surface area contributed by atoms with Crippen LogP contribution in [0.3, 0.4) is 0 Å². The Morgan fingerprint density at radius 2 is 1.09 bits per heavy atom. The summed E-state index contributed by atoms with van der Waals surface area (Å²) in [7, 11) is -2.94. The van der Waals surface area contributed by atoms with Crippen molar-refractivity contribution >= 4 is 25.3 Å². The van der Waals surface area contributed by atoms with Crippen LogP contribution in [0.4, 0.5) is 5.69 Å². The summed E-state index contributed by atoms with van der Waals surface area (Å²) in [5.74, 6) is 0. The fraction of sp³-hybridized carbons (Fsp3) is 0.481. The van der Waals surface area contributed by atoms with Gasteiger partial charge in [0, 0.05) is 43.8 Å². The average Bonchev–Trinajstić information content (AvgIpc) is 2.85. The van der Waals surface area contributed by atoms with Crippen LogP contribution >= 0.6 is 0 Å². The smallest absolute Gasteiger partial charge is 0.372 e. The fourth-order valence-electron chi connectivity index (χ4n) is 3.59. The molecule has 0 bridgehead atoms. The highest BCUT2D eigenvalue weighted by Gasteiger charge is 2.43. The predicted molar refractivity (Wildman–Crippen MR) is 139 cm³/mol. The third-order valence-electron chi connectivity index (χ3n) is 5.42. The summed E-state index contributed by atoms with van der Waals surface area (Å²) in [5, 5.41) is 1.02. The molecule has 0 saturated heterocycles. The summed E-state index contributed by atoms with van der Waals surface area (Å²) in [6.07, 6.45) is 2.79. The van der Waals surface area contributed by atoms with Gasteiger partial charge in [0.1, 0.15) is 0 Å². The summed E-state index contributed by atoms with van der Waals surface area (Å²) in [6.45, 7) is 18.9. The van der Waals surface area contributed by atoms with Gasteiger partial charge >= 0.3 is 8.80 Å². The zero-order chi connectivity index (χ0) is 23.4. The molecule has 4 nitrogen and oxygen atoms in total. The van der Waals surface area contributed by atoms with E-state index >= 15 is 0 Å². The van der Waals surface area contributed by atoms with Crippen LogP contribution in [0.15, 0.2) is 55.1 Å². The maximum atomic E-state index is 6.28. The van der Waals surface area contributed by atoms with Crippen LogP contribution < -0.4 is 10.1 Å². The predicted octanol–water partition coefficient (Wildman–Crippen LogP) is 6.02. The second-order valence-corrected chi connectivity index (χ2v) is 10.4. The Morgan fingerprint density at radius 3 is 1.47 bits per heavy atom. The van der Waals surface area contributed by atoms with Gasteiger partial charge in [-0.3, -0.25) is 0 Å². The van der Waals surface area contributed by atoms with E-state index in [0.29, 0.717) is 19.8 Å². The van der Waals surface area contributed by atoms with Gasteiger partial charge in [-0.15, -0.1) is 0 Å². The van der Waals surface area contributed by atoms with E-state index in [1.54, 1.807) is 0 Å². The summed E-state index contributed by atoms with van der Waals surface area (Å²) in [6, 6.07) is 17.1. The summed E-state index contributed by atoms with van der Waals surface area (Å²) in [5.41, 5.74) is 4.47. The second-order valence-electron chi connectivity index (χ2n) is 7.88. The van der Waals surface area contributed by atoms with Gasteiger partial charge in [-0.05, 0) is 61.9 Å². The number of benzene rings is 2. The lowest BCUT2D eigenvalue weighted by atomic mass is 9.99. The van der Waals surface area contributed by atoms with Gasteiger partial charge in [0.05, 0.1) is 0 Å². The van der Waals surface area contributed by atoms with E-state index in [4.69, 9.17) is 13.3 Å². The monoisotopic (exact) mass is 455 g/mol. The van der Waals surface area contributed by atoms with Crippen LogP contribution in [-0.2, 0) is 13.3 Å². The minimum absolute atomic E-state index is 0.632. The van der Waals surface area contributed by atoms with Crippen LogP contribution in [0.1, 0.15) is 65.0 Å². The van der Waals surface area contributed by atoms with Crippen molar-refractivity contribution in [2.24, 2.45) is 0 Å². The van der Waals surface area contributed by atoms with Crippen LogP contribution in [0.25, 0.3) is 5.57 Å². The highest BCUT2D eigenvalue weighted by Crippen LogP contribution is 2.24. The first-order chi connectivity index (χ1) is 15.5. The lowest BCUT2D eigenvalue weighted by molar-refractivity contribution is 0.0732. The molecular formula is C27H41NO3Si. The fourth-order valence-corrected chi connectivity index (χ4v) is 6.33. The molecule has 0 fully saturated rings. The Bertz CT molecular complexity index is 779. The Labute approximate surface area is 196 Å². The zero-order valence-electron chi connectivity index (χ0n) is 20.7. The second kappa shape index (κ2) is 13.6. The van der Waals surface area contributed by atoms with E-state index in [0.717, 1.165) is 54.2 Å². The molecule has 0 unspecified atom stereocenters. The van der Waals surface area contributed by atoms with Crippen molar-refractivity contribution < 1.29 is 13.3 Å². The minimum atomic E-state index is -2.94. The Morgan fingerprint density at radius 1 is 0.688 bits per heavy atom. The zero-order valence-corrected chi connectivity index (χ0v) is 21.7. The molecule has 0 N–H and O–H groups in total. The number of hydrogen-bond donors (Lipinski definition) is 0. The van der Waals surface area contributed by atoms with Crippen LogP contribution in [-0.4, -0.2) is 41.7 Å². The van der Waals surface area contributed by atoms with E-state index in [9.17, 15) is 0 Å². The normalized spacial score (nSPS) is 11.5. The van der Waals surface area contributed by atoms with Gasteiger partial charge in [-0.25, -0.2) is 0 Å². The molecule has 0 saturated carbocycles. The Balaban J connectivity index is 2.26. The molecule has 2 aromatic rings. The summed E-state index contributed by atoms with van der Waals surface area (Å²) >= 11 is 0. The molecule has 0 amide bonds. The van der Waals surface area contributed by atoms with Gasteiger partial charge in [0.25, 0.3) is 0 Å². The quantitative estimate of drug-likeness (QED) is 0.307. The molecule has 0 aliphatic heterocycles. The molecule has 0 aliphatic rings. The molecule has 0 aliphatic carbocycles. The van der Waals surface area contributed by atoms with Crippen LogP contribution in [0.5, 0.6) is 0 Å². The maximum Gasteiger partial charge on any atom is 0.537 e. The van der Waals surface area contributed by atoms with E-state index in [-0.39, 0.29) is 0 Å². The van der Waals surface area contributed by atoms with E-state index in [1.165, 1.54) is 5.69 Å². The van der Waals surface area contributed by atoms with Gasteiger partial charge in [0.15, 0.2) is 0 Å². The van der Waals surface area contributed by atoms with E-state index < -0.39 is 8.80 Å². The number of anilines is 1. The minimum Gasteiger partial charge on any atom is -0.372 e. The molecule has 32 heavy (non-hydrogen) atoms. The SMILES string of the molecule is C=C(c1ccc(N(CC)CC)cc1)c1ccc([Si](OCCC)(OCCC)OCCC)cc1. The van der Waals surface area contributed by atoms with Crippen molar-refractivity contribution in [3.8, 4) is 0 Å². The van der Waals surface area contributed by atoms with Crippen molar-refractivity contribution in [3.05, 3.63) is 66.2 Å². The average molecular weight is 456 g/mol. The molecule has 0 radical (unpaired) electrons. The molecule has 0 heterocycles. The van der Waals surface area contributed by atoms with Crippen molar-refractivity contribution in [1.29, 1.82) is 0 Å². The first-order valence-corrected chi connectivity index (χ1v) is 13.8. The van der Waals surface area contributed by atoms with Crippen molar-refractivity contribution in [2.75, 3.05) is 37.8 Å². The maximum absolute atomic E-state index is 6.28. The summed E-state index contributed by atoms with van der Waals surface area (Å²) in [4.78, 5) is 2.34. The summed E-state index contributed by atoms with van der Waals surface area (Å²) < 4.78 is 18.8. The molecule has 0 atom stereocenters. The van der Waals surface area contributed by atoms with E-state index in [2.05, 4.69) is 94.6 Å². The molecule has 5 heteroatoms. The Hall–Kier alpha value is -1.92. The van der Waals surface area contributed by atoms with Gasteiger partial charge in [-0.2, -0.15) is 0 Å². The van der Waals surface area contributed by atoms with Crippen LogP contribution in [0.2, 0.25) is 0 Å². The number of rotatable bonds is 15. The molecule has 176 valence electrons. The van der Waals surface area contributed by atoms with E-state index in [1.807, 2.05) is 0 Å². The van der Waals surface area contributed by atoms with Gasteiger partial charge in [-0.1, -0.05) is 63.7 Å². The topological polar surface area (TPSA) is 30.9 Å². The highest BCUT2D eigenvalue weighted by molar-refractivity contribution is 6.75. The first-order valence-electron chi connectivity index (χ1n) is 12.1. The third kappa shape index (κ3) is 6.79. The third-order valence-corrected chi connectivity index (χ3v) is 8.21. The standard InChI is InChI=1S/C27H41NO3Si/c1-7-20-29-32(30-21-8-2,31-22-9-3)27-18-14-25(15-19-27)23(6)24-12-16-26(17-13-24)28(10-4)11-5/h12-19H,6-11,20-22H2,1-5H3. The number of hydrogen-bond acceptors (Lipinski definition) is 4. The van der Waals surface area contributed by atoms with Crippen LogP contribution in [0, 0.1) is 0 Å².